The highest BCUT2D eigenvalue weighted by Gasteiger charge is 1.93. The number of unbranched alkanes of at least 4 members (excludes halogenated alkanes) is 1. The Morgan fingerprint density at radius 1 is 1.09 bits per heavy atom. The van der Waals surface area contributed by atoms with E-state index < -0.39 is 0 Å². The monoisotopic (exact) mass is 174 g/mol. The van der Waals surface area contributed by atoms with Crippen molar-refractivity contribution in [2.75, 3.05) is 12.3 Å². The Bertz CT molecular complexity index is 69.3. The summed E-state index contributed by atoms with van der Waals surface area (Å²) in [5.41, 5.74) is 0. The van der Waals surface area contributed by atoms with Gasteiger partial charge in [-0.3, -0.25) is 0 Å². The molecular weight excluding hydrogens is 151 g/mol. The maximum absolute atomic E-state index is 2.31. The molecule has 0 amide bonds. The molecule has 0 aromatic rings. The van der Waals surface area contributed by atoms with Crippen molar-refractivity contribution in [3.05, 3.63) is 0 Å². The molecule has 0 nitrogen and oxygen atoms in total. The number of rotatable bonds is 7. The average molecular weight is 174 g/mol. The van der Waals surface area contributed by atoms with Gasteiger partial charge in [0.1, 0.15) is 0 Å². The molecule has 0 aliphatic heterocycles. The van der Waals surface area contributed by atoms with E-state index in [1.807, 2.05) is 0 Å². The summed E-state index contributed by atoms with van der Waals surface area (Å²) in [6, 6.07) is 0. The zero-order valence-corrected chi connectivity index (χ0v) is 9.32. The first kappa shape index (κ1) is 11.4. The van der Waals surface area contributed by atoms with Gasteiger partial charge < -0.3 is 0 Å². The van der Waals surface area contributed by atoms with Gasteiger partial charge in [-0.25, -0.2) is 0 Å². The standard InChI is InChI=1S/C10H23P/c1-4-8-11-9-6-5-7-10(2)3/h10-11H,4-9H2,1-3H3. The van der Waals surface area contributed by atoms with Gasteiger partial charge in [-0.1, -0.05) is 40.0 Å². The molecule has 0 saturated heterocycles. The van der Waals surface area contributed by atoms with Crippen molar-refractivity contribution in [1.82, 2.24) is 0 Å². The first-order valence-corrected chi connectivity index (χ1v) is 6.39. The van der Waals surface area contributed by atoms with Crippen LogP contribution in [0.25, 0.3) is 0 Å². The molecule has 11 heavy (non-hydrogen) atoms. The maximum atomic E-state index is 2.31. The predicted octanol–water partition coefficient (Wildman–Crippen LogP) is 3.90. The Labute approximate surface area is 73.9 Å². The zero-order chi connectivity index (χ0) is 8.53. The average Bonchev–Trinajstić information content (AvgIpc) is 1.96. The zero-order valence-electron chi connectivity index (χ0n) is 8.32. The highest BCUT2D eigenvalue weighted by Crippen LogP contribution is 2.15. The molecule has 0 aliphatic rings. The van der Waals surface area contributed by atoms with E-state index in [9.17, 15) is 0 Å². The third kappa shape index (κ3) is 10.4. The van der Waals surface area contributed by atoms with Crippen molar-refractivity contribution in [2.24, 2.45) is 5.92 Å². The van der Waals surface area contributed by atoms with E-state index >= 15 is 0 Å². The van der Waals surface area contributed by atoms with Crippen molar-refractivity contribution in [3.8, 4) is 0 Å². The quantitative estimate of drug-likeness (QED) is 0.405. The highest BCUT2D eigenvalue weighted by atomic mass is 31.1. The Kier molecular flexibility index (Phi) is 8.86. The van der Waals surface area contributed by atoms with Gasteiger partial charge >= 0.3 is 0 Å². The molecule has 1 unspecified atom stereocenters. The lowest BCUT2D eigenvalue weighted by atomic mass is 10.1. The largest absolute Gasteiger partial charge is 0.122 e. The van der Waals surface area contributed by atoms with Crippen LogP contribution in [-0.4, -0.2) is 12.3 Å². The van der Waals surface area contributed by atoms with Gasteiger partial charge in [-0.2, -0.15) is 0 Å². The van der Waals surface area contributed by atoms with Gasteiger partial charge in [-0.15, -0.1) is 8.58 Å². The Balaban J connectivity index is 2.80. The summed E-state index contributed by atoms with van der Waals surface area (Å²) in [4.78, 5) is 0. The van der Waals surface area contributed by atoms with Crippen LogP contribution in [0, 0.1) is 5.92 Å². The van der Waals surface area contributed by atoms with E-state index in [1.165, 1.54) is 46.6 Å². The first-order valence-electron chi connectivity index (χ1n) is 4.98. The Hall–Kier alpha value is 0.430. The summed E-state index contributed by atoms with van der Waals surface area (Å²) in [6.07, 6.45) is 8.67. The highest BCUT2D eigenvalue weighted by molar-refractivity contribution is 7.37. The molecule has 1 atom stereocenters. The lowest BCUT2D eigenvalue weighted by Crippen LogP contribution is -1.88. The molecule has 1 heteroatoms. The van der Waals surface area contributed by atoms with E-state index in [1.54, 1.807) is 0 Å². The van der Waals surface area contributed by atoms with Crippen LogP contribution in [0.4, 0.5) is 0 Å². The predicted molar refractivity (Wildman–Crippen MR) is 57.0 cm³/mol. The van der Waals surface area contributed by atoms with Crippen LogP contribution in [-0.2, 0) is 0 Å². The molecule has 68 valence electrons. The third-order valence-corrected chi connectivity index (χ3v) is 3.37. The summed E-state index contributed by atoms with van der Waals surface area (Å²) in [7, 11) is 1.24. The molecule has 0 rings (SSSR count). The molecule has 0 bridgehead atoms. The normalized spacial score (nSPS) is 12.0. The minimum Gasteiger partial charge on any atom is -0.122 e. The minimum absolute atomic E-state index is 0.907. The fourth-order valence-electron chi connectivity index (χ4n) is 1.10. The smallest absolute Gasteiger partial charge is 0.0353 e. The van der Waals surface area contributed by atoms with Crippen molar-refractivity contribution in [2.45, 2.75) is 46.5 Å². The topological polar surface area (TPSA) is 0 Å². The molecule has 0 fully saturated rings. The molecule has 0 aromatic carbocycles. The van der Waals surface area contributed by atoms with Gasteiger partial charge in [0, 0.05) is 0 Å². The van der Waals surface area contributed by atoms with E-state index in [4.69, 9.17) is 0 Å². The van der Waals surface area contributed by atoms with Crippen LogP contribution in [0.3, 0.4) is 0 Å². The number of hydrogen-bond acceptors (Lipinski definition) is 0. The van der Waals surface area contributed by atoms with Crippen molar-refractivity contribution in [3.63, 3.8) is 0 Å². The number of hydrogen-bond donors (Lipinski definition) is 0. The van der Waals surface area contributed by atoms with Gasteiger partial charge in [0.15, 0.2) is 0 Å². The van der Waals surface area contributed by atoms with E-state index in [0.717, 1.165) is 5.92 Å². The van der Waals surface area contributed by atoms with Gasteiger partial charge in [0.05, 0.1) is 0 Å². The third-order valence-electron chi connectivity index (χ3n) is 1.81. The second-order valence-corrected chi connectivity index (χ2v) is 5.14. The summed E-state index contributed by atoms with van der Waals surface area (Å²) >= 11 is 0. The molecule has 0 radical (unpaired) electrons. The SMILES string of the molecule is CCCPCCCCC(C)C. The lowest BCUT2D eigenvalue weighted by molar-refractivity contribution is 0.551. The molecule has 0 aromatic heterocycles. The van der Waals surface area contributed by atoms with Crippen LogP contribution >= 0.6 is 8.58 Å². The molecule has 0 N–H and O–H groups in total. The second-order valence-electron chi connectivity index (χ2n) is 3.64. The summed E-state index contributed by atoms with van der Waals surface area (Å²) in [6.45, 7) is 6.91. The van der Waals surface area contributed by atoms with Crippen LogP contribution in [0.2, 0.25) is 0 Å². The van der Waals surface area contributed by atoms with Crippen LogP contribution in [0.15, 0.2) is 0 Å². The van der Waals surface area contributed by atoms with E-state index in [0.29, 0.717) is 0 Å². The maximum Gasteiger partial charge on any atom is -0.0353 e. The van der Waals surface area contributed by atoms with Gasteiger partial charge in [0.25, 0.3) is 0 Å². The van der Waals surface area contributed by atoms with Crippen molar-refractivity contribution >= 4 is 8.58 Å². The molecule has 0 spiro atoms. The fourth-order valence-corrected chi connectivity index (χ4v) is 2.21. The molecular formula is C10H23P. The lowest BCUT2D eigenvalue weighted by Gasteiger charge is -2.03. The fraction of sp³-hybridized carbons (Fsp3) is 1.00. The van der Waals surface area contributed by atoms with Crippen molar-refractivity contribution < 1.29 is 0 Å². The van der Waals surface area contributed by atoms with Crippen LogP contribution in [0.1, 0.15) is 46.5 Å². The van der Waals surface area contributed by atoms with E-state index in [-0.39, 0.29) is 0 Å². The molecule has 0 saturated carbocycles. The summed E-state index contributed by atoms with van der Waals surface area (Å²) < 4.78 is 0. The van der Waals surface area contributed by atoms with Crippen LogP contribution in [0.5, 0.6) is 0 Å². The molecule has 0 aliphatic carbocycles. The molecule has 0 heterocycles. The minimum atomic E-state index is 0.907. The Morgan fingerprint density at radius 2 is 1.82 bits per heavy atom. The second kappa shape index (κ2) is 8.53. The van der Waals surface area contributed by atoms with Gasteiger partial charge in [-0.05, 0) is 24.7 Å². The Morgan fingerprint density at radius 3 is 2.36 bits per heavy atom. The van der Waals surface area contributed by atoms with E-state index in [2.05, 4.69) is 20.8 Å². The first-order chi connectivity index (χ1) is 5.27. The van der Waals surface area contributed by atoms with Crippen molar-refractivity contribution in [1.29, 1.82) is 0 Å². The van der Waals surface area contributed by atoms with Gasteiger partial charge in [0.2, 0.25) is 0 Å². The summed E-state index contributed by atoms with van der Waals surface area (Å²) in [5, 5.41) is 0. The summed E-state index contributed by atoms with van der Waals surface area (Å²) in [5.74, 6) is 0.907. The van der Waals surface area contributed by atoms with Crippen LogP contribution < -0.4 is 0 Å².